The molecule has 5 nitrogen and oxygen atoms in total. The number of anilines is 1. The fraction of sp³-hybridized carbons (Fsp3) is 0.176. The molecule has 3 N–H and O–H groups in total. The Balaban J connectivity index is 1.87. The lowest BCUT2D eigenvalue weighted by molar-refractivity contribution is 0.100. The van der Waals surface area contributed by atoms with Crippen LogP contribution in [0.2, 0.25) is 0 Å². The van der Waals surface area contributed by atoms with Crippen LogP contribution in [0.25, 0.3) is 0 Å². The summed E-state index contributed by atoms with van der Waals surface area (Å²) in [6, 6.07) is 14.2. The summed E-state index contributed by atoms with van der Waals surface area (Å²) in [5.74, 6) is -0.509. The molecule has 2 aromatic carbocycles. The summed E-state index contributed by atoms with van der Waals surface area (Å²) in [5.41, 5.74) is 8.49. The van der Waals surface area contributed by atoms with Crippen LogP contribution < -0.4 is 15.4 Å². The third kappa shape index (κ3) is 4.75. The van der Waals surface area contributed by atoms with Gasteiger partial charge in [-0.25, -0.2) is 9.10 Å². The maximum atomic E-state index is 12.1. The fourth-order valence-electron chi connectivity index (χ4n) is 2.03. The molecule has 0 atom stereocenters. The lowest BCUT2D eigenvalue weighted by Gasteiger charge is -2.16. The Morgan fingerprint density at radius 3 is 2.26 bits per heavy atom. The molecule has 120 valence electrons. The molecule has 0 saturated heterocycles. The number of carbonyl (C=O) groups is 2. The van der Waals surface area contributed by atoms with Gasteiger partial charge in [-0.3, -0.25) is 4.79 Å². The molecule has 0 aromatic heterocycles. The van der Waals surface area contributed by atoms with E-state index >= 15 is 0 Å². The predicted molar refractivity (Wildman–Crippen MR) is 94.7 cm³/mol. The first-order valence-corrected chi connectivity index (χ1v) is 7.59. The quantitative estimate of drug-likeness (QED) is 0.738. The maximum Gasteiger partial charge on any atom is 0.331 e. The van der Waals surface area contributed by atoms with Crippen molar-refractivity contribution in [2.24, 2.45) is 5.73 Å². The summed E-state index contributed by atoms with van der Waals surface area (Å²) in [4.78, 5) is 23.1. The SMILES string of the molecule is Cc1ccc(CCNC(=O)N(S)c2ccc(C(N)=O)cc2)cc1. The number of urea groups is 1. The number of aryl methyl sites for hydroxylation is 1. The molecule has 0 aliphatic carbocycles. The Bertz CT molecular complexity index is 684. The number of rotatable bonds is 5. The highest BCUT2D eigenvalue weighted by Crippen LogP contribution is 2.17. The Kier molecular flexibility index (Phi) is 5.65. The van der Waals surface area contributed by atoms with Crippen molar-refractivity contribution in [3.63, 3.8) is 0 Å². The summed E-state index contributed by atoms with van der Waals surface area (Å²) in [5, 5.41) is 2.80. The molecule has 3 amide bonds. The Morgan fingerprint density at radius 1 is 1.09 bits per heavy atom. The summed E-state index contributed by atoms with van der Waals surface area (Å²) in [6.45, 7) is 2.55. The zero-order valence-corrected chi connectivity index (χ0v) is 13.7. The summed E-state index contributed by atoms with van der Waals surface area (Å²) < 4.78 is 1.19. The van der Waals surface area contributed by atoms with E-state index in [1.165, 1.54) is 9.87 Å². The molecule has 2 rings (SSSR count). The first-order chi connectivity index (χ1) is 11.0. The number of hydrogen-bond acceptors (Lipinski definition) is 3. The molecule has 0 aliphatic rings. The minimum absolute atomic E-state index is 0.327. The van der Waals surface area contributed by atoms with E-state index in [-0.39, 0.29) is 6.03 Å². The maximum absolute atomic E-state index is 12.1. The molecule has 0 unspecified atom stereocenters. The topological polar surface area (TPSA) is 75.4 Å². The fourth-order valence-corrected chi connectivity index (χ4v) is 2.23. The predicted octanol–water partition coefficient (Wildman–Crippen LogP) is 2.70. The van der Waals surface area contributed by atoms with Crippen LogP contribution in [0, 0.1) is 6.92 Å². The van der Waals surface area contributed by atoms with E-state index in [2.05, 4.69) is 18.1 Å². The van der Waals surface area contributed by atoms with Gasteiger partial charge < -0.3 is 11.1 Å². The van der Waals surface area contributed by atoms with Crippen molar-refractivity contribution in [2.45, 2.75) is 13.3 Å². The van der Waals surface area contributed by atoms with Crippen LogP contribution in [0.4, 0.5) is 10.5 Å². The number of benzene rings is 2. The molecule has 0 aliphatic heterocycles. The highest BCUT2D eigenvalue weighted by atomic mass is 32.1. The number of nitrogens with one attached hydrogen (secondary N) is 1. The highest BCUT2D eigenvalue weighted by Gasteiger charge is 2.12. The molecule has 0 radical (unpaired) electrons. The van der Waals surface area contributed by atoms with Gasteiger partial charge in [-0.1, -0.05) is 42.6 Å². The van der Waals surface area contributed by atoms with Crippen molar-refractivity contribution in [2.75, 3.05) is 10.8 Å². The number of primary amides is 1. The average molecular weight is 329 g/mol. The lowest BCUT2D eigenvalue weighted by atomic mass is 10.1. The zero-order valence-electron chi connectivity index (χ0n) is 12.8. The Labute approximate surface area is 141 Å². The van der Waals surface area contributed by atoms with Crippen molar-refractivity contribution < 1.29 is 9.59 Å². The van der Waals surface area contributed by atoms with Gasteiger partial charge in [-0.05, 0) is 43.2 Å². The van der Waals surface area contributed by atoms with E-state index in [4.69, 9.17) is 5.73 Å². The normalized spacial score (nSPS) is 10.2. The van der Waals surface area contributed by atoms with Crippen LogP contribution in [-0.4, -0.2) is 18.5 Å². The number of carbonyl (C=O) groups excluding carboxylic acids is 2. The van der Waals surface area contributed by atoms with Gasteiger partial charge >= 0.3 is 6.03 Å². The van der Waals surface area contributed by atoms with Gasteiger partial charge in [0.25, 0.3) is 0 Å². The van der Waals surface area contributed by atoms with E-state index < -0.39 is 5.91 Å². The van der Waals surface area contributed by atoms with E-state index in [9.17, 15) is 9.59 Å². The second-order valence-electron chi connectivity index (χ2n) is 5.19. The number of nitrogens with zero attached hydrogens (tertiary/aromatic N) is 1. The largest absolute Gasteiger partial charge is 0.366 e. The smallest absolute Gasteiger partial charge is 0.331 e. The minimum Gasteiger partial charge on any atom is -0.366 e. The molecule has 0 bridgehead atoms. The monoisotopic (exact) mass is 329 g/mol. The molecule has 2 aromatic rings. The van der Waals surface area contributed by atoms with Gasteiger partial charge in [0.2, 0.25) is 5.91 Å². The van der Waals surface area contributed by atoms with Gasteiger partial charge in [-0.2, -0.15) is 0 Å². The van der Waals surface area contributed by atoms with Crippen molar-refractivity contribution in [1.82, 2.24) is 5.32 Å². The van der Waals surface area contributed by atoms with Gasteiger partial charge in [0, 0.05) is 12.1 Å². The molecule has 0 spiro atoms. The molecular formula is C17H19N3O2S. The van der Waals surface area contributed by atoms with E-state index in [1.54, 1.807) is 24.3 Å². The van der Waals surface area contributed by atoms with Gasteiger partial charge in [0.05, 0.1) is 5.69 Å². The minimum atomic E-state index is -0.509. The summed E-state index contributed by atoms with van der Waals surface area (Å²) in [6.07, 6.45) is 0.744. The molecular weight excluding hydrogens is 310 g/mol. The standard InChI is InChI=1S/C17H19N3O2S/c1-12-2-4-13(5-3-12)10-11-19-17(22)20(23)15-8-6-14(7-9-15)16(18)21/h2-9,23H,10-11H2,1H3,(H2,18,21)(H,19,22). The number of thiol groups is 1. The van der Waals surface area contributed by atoms with E-state index in [0.717, 1.165) is 12.0 Å². The van der Waals surface area contributed by atoms with Gasteiger partial charge in [0.15, 0.2) is 0 Å². The van der Waals surface area contributed by atoms with E-state index in [1.807, 2.05) is 31.2 Å². The van der Waals surface area contributed by atoms with Crippen molar-refractivity contribution in [3.05, 3.63) is 65.2 Å². The van der Waals surface area contributed by atoms with Crippen molar-refractivity contribution in [3.8, 4) is 0 Å². The van der Waals surface area contributed by atoms with Crippen molar-refractivity contribution in [1.29, 1.82) is 0 Å². The molecule has 23 heavy (non-hydrogen) atoms. The molecule has 0 saturated carbocycles. The van der Waals surface area contributed by atoms with Crippen LogP contribution in [0.1, 0.15) is 21.5 Å². The third-order valence-corrected chi connectivity index (χ3v) is 3.81. The van der Waals surface area contributed by atoms with E-state index in [0.29, 0.717) is 17.8 Å². The molecule has 0 heterocycles. The Morgan fingerprint density at radius 2 is 1.70 bits per heavy atom. The first kappa shape index (κ1) is 16.9. The van der Waals surface area contributed by atoms with Crippen LogP contribution in [0.15, 0.2) is 48.5 Å². The van der Waals surface area contributed by atoms with Crippen LogP contribution >= 0.6 is 12.8 Å². The highest BCUT2D eigenvalue weighted by molar-refractivity contribution is 7.82. The average Bonchev–Trinajstić information content (AvgIpc) is 2.56. The van der Waals surface area contributed by atoms with Gasteiger partial charge in [0.1, 0.15) is 0 Å². The van der Waals surface area contributed by atoms with Gasteiger partial charge in [-0.15, -0.1) is 0 Å². The first-order valence-electron chi connectivity index (χ1n) is 7.19. The van der Waals surface area contributed by atoms with Crippen molar-refractivity contribution >= 4 is 30.4 Å². The third-order valence-electron chi connectivity index (χ3n) is 3.40. The second-order valence-corrected chi connectivity index (χ2v) is 5.59. The lowest BCUT2D eigenvalue weighted by Crippen LogP contribution is -2.35. The number of nitrogens with two attached hydrogens (primary N) is 1. The van der Waals surface area contributed by atoms with Crippen LogP contribution in [0.5, 0.6) is 0 Å². The summed E-state index contributed by atoms with van der Waals surface area (Å²) >= 11 is 4.18. The van der Waals surface area contributed by atoms with Crippen LogP contribution in [-0.2, 0) is 6.42 Å². The Hall–Kier alpha value is -2.47. The second kappa shape index (κ2) is 7.69. The molecule has 0 fully saturated rings. The van der Waals surface area contributed by atoms with Crippen LogP contribution in [0.3, 0.4) is 0 Å². The number of hydrogen-bond donors (Lipinski definition) is 3. The number of amides is 3. The summed E-state index contributed by atoms with van der Waals surface area (Å²) in [7, 11) is 0. The zero-order chi connectivity index (χ0) is 16.8. The molecule has 6 heteroatoms.